The number of amides is 1. The molecular weight excluding hydrogens is 224 g/mol. The lowest BCUT2D eigenvalue weighted by Gasteiger charge is -2.29. The van der Waals surface area contributed by atoms with Crippen LogP contribution in [0.25, 0.3) is 0 Å². The molecule has 0 atom stereocenters. The van der Waals surface area contributed by atoms with Crippen molar-refractivity contribution in [1.82, 2.24) is 10.6 Å². The summed E-state index contributed by atoms with van der Waals surface area (Å²) in [6.07, 6.45) is 0. The Hall–Kier alpha value is -0.570. The summed E-state index contributed by atoms with van der Waals surface area (Å²) in [6, 6.07) is 0. The fraction of sp³-hybridized carbons (Fsp3) is 0.933. The van der Waals surface area contributed by atoms with Crippen molar-refractivity contribution in [2.45, 2.75) is 55.4 Å². The topological polar surface area (TPSA) is 41.1 Å². The summed E-state index contributed by atoms with van der Waals surface area (Å²) in [7, 11) is 0. The summed E-state index contributed by atoms with van der Waals surface area (Å²) < 4.78 is 0. The highest BCUT2D eigenvalue weighted by molar-refractivity contribution is 5.81. The fourth-order valence-corrected chi connectivity index (χ4v) is 1.42. The maximum Gasteiger partial charge on any atom is 0.225 e. The van der Waals surface area contributed by atoms with Crippen LogP contribution in [-0.4, -0.2) is 25.5 Å². The zero-order valence-electron chi connectivity index (χ0n) is 13.5. The summed E-state index contributed by atoms with van der Waals surface area (Å²) >= 11 is 0. The largest absolute Gasteiger partial charge is 0.355 e. The molecule has 0 aromatic rings. The Morgan fingerprint density at radius 2 is 1.33 bits per heavy atom. The van der Waals surface area contributed by atoms with E-state index in [4.69, 9.17) is 0 Å². The van der Waals surface area contributed by atoms with Gasteiger partial charge in [0.2, 0.25) is 5.91 Å². The molecule has 3 heteroatoms. The second kappa shape index (κ2) is 6.05. The minimum atomic E-state index is -0.311. The molecule has 0 unspecified atom stereocenters. The summed E-state index contributed by atoms with van der Waals surface area (Å²) in [5, 5.41) is 6.51. The second-order valence-electron chi connectivity index (χ2n) is 8.26. The first-order chi connectivity index (χ1) is 7.83. The number of hydrogen-bond donors (Lipinski definition) is 2. The highest BCUT2D eigenvalue weighted by Crippen LogP contribution is 2.17. The first kappa shape index (κ1) is 17.4. The molecule has 1 amide bonds. The maximum absolute atomic E-state index is 11.8. The van der Waals surface area contributed by atoms with Crippen LogP contribution in [-0.2, 0) is 4.79 Å². The van der Waals surface area contributed by atoms with Crippen LogP contribution >= 0.6 is 0 Å². The zero-order valence-corrected chi connectivity index (χ0v) is 13.5. The van der Waals surface area contributed by atoms with Gasteiger partial charge in [0.05, 0.1) is 0 Å². The van der Waals surface area contributed by atoms with E-state index in [1.807, 2.05) is 20.8 Å². The van der Waals surface area contributed by atoms with Gasteiger partial charge < -0.3 is 10.6 Å². The second-order valence-corrected chi connectivity index (χ2v) is 8.26. The van der Waals surface area contributed by atoms with Crippen molar-refractivity contribution in [3.8, 4) is 0 Å². The van der Waals surface area contributed by atoms with E-state index in [0.717, 1.165) is 13.1 Å². The minimum absolute atomic E-state index is 0.0756. The molecule has 108 valence electrons. The van der Waals surface area contributed by atoms with Crippen LogP contribution in [0, 0.1) is 16.2 Å². The Balaban J connectivity index is 4.05. The van der Waals surface area contributed by atoms with Crippen molar-refractivity contribution in [3.05, 3.63) is 0 Å². The average molecular weight is 256 g/mol. The number of carbonyl (C=O) groups excluding carboxylic acids is 1. The zero-order chi connectivity index (χ0) is 14.6. The number of carbonyl (C=O) groups is 1. The van der Waals surface area contributed by atoms with E-state index in [2.05, 4.69) is 45.3 Å². The van der Waals surface area contributed by atoms with E-state index in [1.54, 1.807) is 0 Å². The standard InChI is InChI=1S/C15H32N2O/c1-13(2,3)9-16-10-15(7,8)11-17-12(18)14(4,5)6/h16H,9-11H2,1-8H3,(H,17,18). The molecule has 0 aliphatic heterocycles. The molecule has 0 aliphatic carbocycles. The van der Waals surface area contributed by atoms with Crippen molar-refractivity contribution in [3.63, 3.8) is 0 Å². The minimum Gasteiger partial charge on any atom is -0.355 e. The molecule has 3 nitrogen and oxygen atoms in total. The molecule has 0 rings (SSSR count). The smallest absolute Gasteiger partial charge is 0.225 e. The molecule has 0 spiro atoms. The Bertz CT molecular complexity index is 269. The normalized spacial score (nSPS) is 13.6. The van der Waals surface area contributed by atoms with Gasteiger partial charge in [0.15, 0.2) is 0 Å². The van der Waals surface area contributed by atoms with E-state index in [1.165, 1.54) is 0 Å². The maximum atomic E-state index is 11.8. The first-order valence-electron chi connectivity index (χ1n) is 6.83. The predicted octanol–water partition coefficient (Wildman–Crippen LogP) is 2.81. The van der Waals surface area contributed by atoms with Crippen LogP contribution in [0.2, 0.25) is 0 Å². The van der Waals surface area contributed by atoms with Gasteiger partial charge in [-0.1, -0.05) is 55.4 Å². The third-order valence-corrected chi connectivity index (χ3v) is 2.67. The van der Waals surface area contributed by atoms with Crippen molar-refractivity contribution < 1.29 is 4.79 Å². The van der Waals surface area contributed by atoms with Gasteiger partial charge in [-0.2, -0.15) is 0 Å². The molecule has 18 heavy (non-hydrogen) atoms. The first-order valence-corrected chi connectivity index (χ1v) is 6.83. The molecule has 2 N–H and O–H groups in total. The monoisotopic (exact) mass is 256 g/mol. The Labute approximate surface area is 113 Å². The van der Waals surface area contributed by atoms with Crippen LogP contribution in [0.15, 0.2) is 0 Å². The van der Waals surface area contributed by atoms with E-state index < -0.39 is 0 Å². The Kier molecular flexibility index (Phi) is 5.86. The summed E-state index contributed by atoms with van der Waals surface area (Å²) in [4.78, 5) is 11.8. The molecular formula is C15H32N2O. The van der Waals surface area contributed by atoms with Crippen molar-refractivity contribution in [1.29, 1.82) is 0 Å². The number of nitrogens with one attached hydrogen (secondary N) is 2. The van der Waals surface area contributed by atoms with Gasteiger partial charge in [-0.15, -0.1) is 0 Å². The van der Waals surface area contributed by atoms with Crippen LogP contribution in [0.5, 0.6) is 0 Å². The van der Waals surface area contributed by atoms with Gasteiger partial charge >= 0.3 is 0 Å². The molecule has 0 bridgehead atoms. The van der Waals surface area contributed by atoms with Gasteiger partial charge in [0.25, 0.3) is 0 Å². The molecule has 0 heterocycles. The molecule has 0 saturated carbocycles. The van der Waals surface area contributed by atoms with E-state index in [0.29, 0.717) is 12.0 Å². The van der Waals surface area contributed by atoms with Crippen molar-refractivity contribution in [2.75, 3.05) is 19.6 Å². The average Bonchev–Trinajstić information content (AvgIpc) is 2.10. The van der Waals surface area contributed by atoms with Gasteiger partial charge in [-0.05, 0) is 10.8 Å². The Morgan fingerprint density at radius 3 is 1.72 bits per heavy atom. The highest BCUT2D eigenvalue weighted by atomic mass is 16.2. The molecule has 0 aromatic carbocycles. The van der Waals surface area contributed by atoms with Gasteiger partial charge in [0, 0.05) is 25.0 Å². The van der Waals surface area contributed by atoms with Gasteiger partial charge in [-0.25, -0.2) is 0 Å². The predicted molar refractivity (Wildman–Crippen MR) is 78.6 cm³/mol. The van der Waals surface area contributed by atoms with Crippen molar-refractivity contribution >= 4 is 5.91 Å². The molecule has 0 radical (unpaired) electrons. The van der Waals surface area contributed by atoms with Crippen LogP contribution < -0.4 is 10.6 Å². The van der Waals surface area contributed by atoms with Crippen LogP contribution in [0.4, 0.5) is 0 Å². The molecule has 0 fully saturated rings. The summed E-state index contributed by atoms with van der Waals surface area (Å²) in [5.74, 6) is 0.117. The quantitative estimate of drug-likeness (QED) is 0.794. The number of hydrogen-bond acceptors (Lipinski definition) is 2. The van der Waals surface area contributed by atoms with E-state index in [9.17, 15) is 4.79 Å². The van der Waals surface area contributed by atoms with Gasteiger partial charge in [-0.3, -0.25) is 4.79 Å². The lowest BCUT2D eigenvalue weighted by molar-refractivity contribution is -0.128. The molecule has 0 saturated heterocycles. The van der Waals surface area contributed by atoms with Crippen molar-refractivity contribution in [2.24, 2.45) is 16.2 Å². The van der Waals surface area contributed by atoms with Crippen LogP contribution in [0.1, 0.15) is 55.4 Å². The molecule has 0 aliphatic rings. The molecule has 0 aromatic heterocycles. The van der Waals surface area contributed by atoms with E-state index >= 15 is 0 Å². The SMILES string of the molecule is CC(C)(C)CNCC(C)(C)CNC(=O)C(C)(C)C. The van der Waals surface area contributed by atoms with E-state index in [-0.39, 0.29) is 16.7 Å². The lowest BCUT2D eigenvalue weighted by Crippen LogP contribution is -2.44. The summed E-state index contributed by atoms with van der Waals surface area (Å²) in [6.45, 7) is 19.4. The van der Waals surface area contributed by atoms with Crippen LogP contribution in [0.3, 0.4) is 0 Å². The highest BCUT2D eigenvalue weighted by Gasteiger charge is 2.25. The fourth-order valence-electron chi connectivity index (χ4n) is 1.42. The lowest BCUT2D eigenvalue weighted by atomic mass is 9.90. The summed E-state index contributed by atoms with van der Waals surface area (Å²) in [5.41, 5.74) is 0.0613. The van der Waals surface area contributed by atoms with Gasteiger partial charge in [0.1, 0.15) is 0 Å². The third kappa shape index (κ3) is 8.51. The third-order valence-electron chi connectivity index (χ3n) is 2.67. The Morgan fingerprint density at radius 1 is 0.833 bits per heavy atom. The number of rotatable bonds is 5.